The van der Waals surface area contributed by atoms with Gasteiger partial charge in [-0.1, -0.05) is 0 Å². The van der Waals surface area contributed by atoms with E-state index in [4.69, 9.17) is 0 Å². The van der Waals surface area contributed by atoms with Crippen molar-refractivity contribution in [1.82, 2.24) is 20.1 Å². The molecule has 3 heterocycles. The van der Waals surface area contributed by atoms with Crippen molar-refractivity contribution in [2.75, 3.05) is 18.0 Å². The maximum atomic E-state index is 12.6. The molecule has 1 aliphatic rings. The zero-order chi connectivity index (χ0) is 18.2. The van der Waals surface area contributed by atoms with Crippen molar-refractivity contribution in [2.24, 2.45) is 7.05 Å². The van der Waals surface area contributed by atoms with Gasteiger partial charge in [-0.3, -0.25) is 9.48 Å². The monoisotopic (exact) mass is 373 g/mol. The number of hydrogen-bond donors (Lipinski definition) is 1. The second kappa shape index (κ2) is 6.66. The molecule has 1 N–H and O–H groups in total. The molecule has 1 amide bonds. The predicted octanol–water partition coefficient (Wildman–Crippen LogP) is 2.60. The molecule has 6 nitrogen and oxygen atoms in total. The fraction of sp³-hybridized carbons (Fsp3) is 0.533. The number of thiazole rings is 1. The standard InChI is InChI=1S/C15H18F3N5OS/c1-9-7-11(21-22(9)2)13(24)19-10-3-5-23(6-4-10)14-20-12(8-25-14)15(16,17)18/h7-8,10H,3-6H2,1-2H3,(H,19,24). The van der Waals surface area contributed by atoms with Crippen molar-refractivity contribution in [3.63, 3.8) is 0 Å². The highest BCUT2D eigenvalue weighted by molar-refractivity contribution is 7.13. The number of nitrogens with one attached hydrogen (secondary N) is 1. The molecule has 0 saturated carbocycles. The van der Waals surface area contributed by atoms with Crippen LogP contribution < -0.4 is 10.2 Å². The molecule has 2 aromatic heterocycles. The van der Waals surface area contributed by atoms with Gasteiger partial charge in [-0.15, -0.1) is 11.3 Å². The van der Waals surface area contributed by atoms with E-state index in [2.05, 4.69) is 15.4 Å². The minimum Gasteiger partial charge on any atom is -0.348 e. The van der Waals surface area contributed by atoms with Crippen LogP contribution in [-0.2, 0) is 13.2 Å². The molecule has 1 saturated heterocycles. The first-order valence-corrected chi connectivity index (χ1v) is 8.71. The first kappa shape index (κ1) is 17.7. The van der Waals surface area contributed by atoms with E-state index in [0.29, 0.717) is 36.8 Å². The highest BCUT2D eigenvalue weighted by atomic mass is 32.1. The molecule has 25 heavy (non-hydrogen) atoms. The number of carbonyl (C=O) groups excluding carboxylic acids is 1. The molecule has 0 radical (unpaired) electrons. The van der Waals surface area contributed by atoms with Gasteiger partial charge in [0.05, 0.1) is 0 Å². The number of rotatable bonds is 3. The third-order valence-electron chi connectivity index (χ3n) is 4.23. The van der Waals surface area contributed by atoms with E-state index in [-0.39, 0.29) is 11.9 Å². The molecule has 0 aliphatic carbocycles. The number of amides is 1. The van der Waals surface area contributed by atoms with Crippen molar-refractivity contribution in [1.29, 1.82) is 0 Å². The van der Waals surface area contributed by atoms with Crippen LogP contribution in [0.4, 0.5) is 18.3 Å². The molecule has 0 spiro atoms. The van der Waals surface area contributed by atoms with E-state index in [9.17, 15) is 18.0 Å². The van der Waals surface area contributed by atoms with E-state index >= 15 is 0 Å². The van der Waals surface area contributed by atoms with E-state index in [1.165, 1.54) is 0 Å². The van der Waals surface area contributed by atoms with E-state index in [1.807, 2.05) is 11.8 Å². The molecule has 0 aromatic carbocycles. The van der Waals surface area contributed by atoms with Crippen LogP contribution in [0.2, 0.25) is 0 Å². The summed E-state index contributed by atoms with van der Waals surface area (Å²) >= 11 is 0.994. The normalized spacial score (nSPS) is 16.3. The average Bonchev–Trinajstić information content (AvgIpc) is 3.16. The van der Waals surface area contributed by atoms with Gasteiger partial charge in [-0.2, -0.15) is 18.3 Å². The first-order valence-electron chi connectivity index (χ1n) is 7.83. The van der Waals surface area contributed by atoms with Gasteiger partial charge in [0.1, 0.15) is 5.69 Å². The molecule has 1 aliphatic heterocycles. The molecule has 136 valence electrons. The number of aryl methyl sites for hydroxylation is 2. The van der Waals surface area contributed by atoms with Crippen LogP contribution in [0.5, 0.6) is 0 Å². The maximum absolute atomic E-state index is 12.6. The fourth-order valence-corrected chi connectivity index (χ4v) is 3.57. The Hall–Kier alpha value is -2.10. The van der Waals surface area contributed by atoms with E-state index in [0.717, 1.165) is 22.4 Å². The predicted molar refractivity (Wildman–Crippen MR) is 87.8 cm³/mol. The van der Waals surface area contributed by atoms with Crippen molar-refractivity contribution in [2.45, 2.75) is 32.0 Å². The number of alkyl halides is 3. The molecule has 0 unspecified atom stereocenters. The lowest BCUT2D eigenvalue weighted by atomic mass is 10.1. The second-order valence-corrected chi connectivity index (χ2v) is 6.88. The van der Waals surface area contributed by atoms with E-state index < -0.39 is 11.9 Å². The minimum atomic E-state index is -4.41. The van der Waals surface area contributed by atoms with Gasteiger partial charge in [0.15, 0.2) is 10.8 Å². The van der Waals surface area contributed by atoms with Crippen LogP contribution in [-0.4, -0.2) is 39.8 Å². The molecule has 1 fully saturated rings. The number of piperidine rings is 1. The summed E-state index contributed by atoms with van der Waals surface area (Å²) in [5, 5.41) is 8.49. The van der Waals surface area contributed by atoms with Crippen molar-refractivity contribution in [3.05, 3.63) is 28.5 Å². The van der Waals surface area contributed by atoms with Crippen LogP contribution in [0, 0.1) is 6.92 Å². The smallest absolute Gasteiger partial charge is 0.348 e. The molecule has 10 heteroatoms. The number of aromatic nitrogens is 3. The average molecular weight is 373 g/mol. The van der Waals surface area contributed by atoms with Crippen LogP contribution in [0.3, 0.4) is 0 Å². The van der Waals surface area contributed by atoms with Crippen molar-refractivity contribution in [3.8, 4) is 0 Å². The largest absolute Gasteiger partial charge is 0.434 e. The fourth-order valence-electron chi connectivity index (χ4n) is 2.69. The number of hydrogen-bond acceptors (Lipinski definition) is 5. The number of nitrogens with zero attached hydrogens (tertiary/aromatic N) is 4. The van der Waals surface area contributed by atoms with Gasteiger partial charge in [0, 0.05) is 37.3 Å². The topological polar surface area (TPSA) is 63.1 Å². The Morgan fingerprint density at radius 2 is 2.04 bits per heavy atom. The van der Waals surface area contributed by atoms with Gasteiger partial charge in [0.2, 0.25) is 0 Å². The zero-order valence-electron chi connectivity index (χ0n) is 13.8. The lowest BCUT2D eigenvalue weighted by molar-refractivity contribution is -0.140. The molecule has 2 aromatic rings. The summed E-state index contributed by atoms with van der Waals surface area (Å²) in [4.78, 5) is 17.7. The Kier molecular flexibility index (Phi) is 4.72. The van der Waals surface area contributed by atoms with E-state index in [1.54, 1.807) is 17.8 Å². The SMILES string of the molecule is Cc1cc(C(=O)NC2CCN(c3nc(C(F)(F)F)cs3)CC2)nn1C. The van der Waals surface area contributed by atoms with Crippen LogP contribution in [0.15, 0.2) is 11.4 Å². The summed E-state index contributed by atoms with van der Waals surface area (Å²) in [7, 11) is 1.77. The maximum Gasteiger partial charge on any atom is 0.434 e. The summed E-state index contributed by atoms with van der Waals surface area (Å²) in [6.07, 6.45) is -3.11. The van der Waals surface area contributed by atoms with Crippen LogP contribution in [0.1, 0.15) is 34.7 Å². The van der Waals surface area contributed by atoms with Crippen LogP contribution in [0.25, 0.3) is 0 Å². The molecular weight excluding hydrogens is 355 g/mol. The Balaban J connectivity index is 1.55. The van der Waals surface area contributed by atoms with Crippen molar-refractivity contribution >= 4 is 22.4 Å². The molecule has 3 rings (SSSR count). The Morgan fingerprint density at radius 3 is 2.56 bits per heavy atom. The lowest BCUT2D eigenvalue weighted by Crippen LogP contribution is -2.44. The molecule has 0 bridgehead atoms. The Labute approximate surface area is 146 Å². The van der Waals surface area contributed by atoms with Crippen LogP contribution >= 0.6 is 11.3 Å². The summed E-state index contributed by atoms with van der Waals surface area (Å²) in [5.41, 5.74) is 0.412. The quantitative estimate of drug-likeness (QED) is 0.898. The number of carbonyl (C=O) groups is 1. The Morgan fingerprint density at radius 1 is 1.36 bits per heavy atom. The summed E-state index contributed by atoms with van der Waals surface area (Å²) in [6, 6.07) is 1.70. The van der Waals surface area contributed by atoms with Gasteiger partial charge in [-0.05, 0) is 25.8 Å². The van der Waals surface area contributed by atoms with Gasteiger partial charge >= 0.3 is 6.18 Å². The van der Waals surface area contributed by atoms with Gasteiger partial charge in [-0.25, -0.2) is 4.98 Å². The van der Waals surface area contributed by atoms with Gasteiger partial charge in [0.25, 0.3) is 5.91 Å². The molecular formula is C15H18F3N5OS. The third-order valence-corrected chi connectivity index (χ3v) is 5.13. The summed E-state index contributed by atoms with van der Waals surface area (Å²) in [5.74, 6) is -0.226. The third kappa shape index (κ3) is 3.94. The number of halogens is 3. The highest BCUT2D eigenvalue weighted by Gasteiger charge is 2.34. The first-order chi connectivity index (χ1) is 11.7. The minimum absolute atomic E-state index is 0.0203. The lowest BCUT2D eigenvalue weighted by Gasteiger charge is -2.32. The Bertz CT molecular complexity index is 742. The molecule has 0 atom stereocenters. The summed E-state index contributed by atoms with van der Waals surface area (Å²) in [6.45, 7) is 2.97. The van der Waals surface area contributed by atoms with Gasteiger partial charge < -0.3 is 10.2 Å². The zero-order valence-corrected chi connectivity index (χ0v) is 14.6. The van der Waals surface area contributed by atoms with Crippen molar-refractivity contribution < 1.29 is 18.0 Å². The summed E-state index contributed by atoms with van der Waals surface area (Å²) < 4.78 is 39.5. The number of anilines is 1. The second-order valence-electron chi connectivity index (χ2n) is 6.04. The highest BCUT2D eigenvalue weighted by Crippen LogP contribution is 2.33.